The second kappa shape index (κ2) is 12.2. The fourth-order valence-electron chi connectivity index (χ4n) is 3.34. The lowest BCUT2D eigenvalue weighted by Crippen LogP contribution is -2.54. The second-order valence-electron chi connectivity index (χ2n) is 6.79. The summed E-state index contributed by atoms with van der Waals surface area (Å²) in [5, 5.41) is 20.3. The van der Waals surface area contributed by atoms with Crippen LogP contribution in [-0.2, 0) is 4.79 Å². The van der Waals surface area contributed by atoms with E-state index in [9.17, 15) is 15.0 Å². The summed E-state index contributed by atoms with van der Waals surface area (Å²) >= 11 is 0. The van der Waals surface area contributed by atoms with Gasteiger partial charge in [0.25, 0.3) is 0 Å². The van der Waals surface area contributed by atoms with Crippen LogP contribution < -0.4 is 5.11 Å². The Morgan fingerprint density at radius 3 is 2.21 bits per heavy atom. The minimum atomic E-state index is -1.11. The molecule has 1 aliphatic rings. The van der Waals surface area contributed by atoms with Crippen LogP contribution in [0.1, 0.15) is 77.6 Å². The van der Waals surface area contributed by atoms with Crippen molar-refractivity contribution in [1.29, 1.82) is 0 Å². The van der Waals surface area contributed by atoms with Crippen molar-refractivity contribution >= 4 is 11.8 Å². The van der Waals surface area contributed by atoms with Gasteiger partial charge in [-0.25, -0.2) is 9.48 Å². The Labute approximate surface area is 146 Å². The molecule has 1 unspecified atom stereocenters. The predicted octanol–water partition coefficient (Wildman–Crippen LogP) is 2.74. The minimum absolute atomic E-state index is 0.0608. The van der Waals surface area contributed by atoms with Gasteiger partial charge < -0.3 is 15.0 Å². The molecule has 0 spiro atoms. The van der Waals surface area contributed by atoms with Crippen LogP contribution >= 0.6 is 0 Å². The van der Waals surface area contributed by atoms with Crippen LogP contribution in [0.15, 0.2) is 17.4 Å². The van der Waals surface area contributed by atoms with E-state index in [1.54, 1.807) is 12.4 Å². The molecule has 0 bridgehead atoms. The van der Waals surface area contributed by atoms with Crippen LogP contribution in [0.3, 0.4) is 0 Å². The highest BCUT2D eigenvalue weighted by Gasteiger charge is 2.34. The SMILES string of the molecule is CCCCCCCCCCCCC1=NC=C[N+]1(CCO)CC(=O)[O-]. The maximum atomic E-state index is 11.0. The van der Waals surface area contributed by atoms with E-state index in [1.807, 2.05) is 0 Å². The molecule has 138 valence electrons. The third-order valence-corrected chi connectivity index (χ3v) is 4.75. The molecule has 0 radical (unpaired) electrons. The molecule has 0 saturated heterocycles. The van der Waals surface area contributed by atoms with Gasteiger partial charge in [0, 0.05) is 6.42 Å². The van der Waals surface area contributed by atoms with Gasteiger partial charge in [-0.1, -0.05) is 64.7 Å². The molecular formula is C19H34N2O3. The molecule has 0 saturated carbocycles. The molecule has 1 rings (SSSR count). The number of carboxylic acid groups (broad SMARTS) is 1. The molecule has 5 nitrogen and oxygen atoms in total. The van der Waals surface area contributed by atoms with Gasteiger partial charge in [0.1, 0.15) is 19.3 Å². The quantitative estimate of drug-likeness (QED) is 0.368. The van der Waals surface area contributed by atoms with E-state index in [4.69, 9.17) is 0 Å². The highest BCUT2D eigenvalue weighted by atomic mass is 16.4. The molecular weight excluding hydrogens is 304 g/mol. The third-order valence-electron chi connectivity index (χ3n) is 4.75. The summed E-state index contributed by atoms with van der Waals surface area (Å²) in [5.41, 5.74) is 0. The smallest absolute Gasteiger partial charge is 0.207 e. The van der Waals surface area contributed by atoms with Crippen molar-refractivity contribution < 1.29 is 19.5 Å². The molecule has 0 amide bonds. The van der Waals surface area contributed by atoms with E-state index in [2.05, 4.69) is 11.9 Å². The van der Waals surface area contributed by atoms with Gasteiger partial charge in [0.15, 0.2) is 0 Å². The van der Waals surface area contributed by atoms with E-state index in [-0.39, 0.29) is 17.6 Å². The van der Waals surface area contributed by atoms with Crippen molar-refractivity contribution in [3.05, 3.63) is 12.4 Å². The highest BCUT2D eigenvalue weighted by molar-refractivity contribution is 5.80. The summed E-state index contributed by atoms with van der Waals surface area (Å²) in [6.07, 6.45) is 16.9. The summed E-state index contributed by atoms with van der Waals surface area (Å²) in [6, 6.07) is 0. The first-order valence-corrected chi connectivity index (χ1v) is 9.57. The number of hydrogen-bond acceptors (Lipinski definition) is 4. The van der Waals surface area contributed by atoms with Gasteiger partial charge in [0.2, 0.25) is 5.84 Å². The Bertz CT molecular complexity index is 421. The lowest BCUT2D eigenvalue weighted by atomic mass is 10.1. The molecule has 0 fully saturated rings. The number of quaternary nitrogens is 1. The molecule has 1 atom stereocenters. The van der Waals surface area contributed by atoms with Gasteiger partial charge in [-0.2, -0.15) is 0 Å². The average Bonchev–Trinajstić information content (AvgIpc) is 2.91. The van der Waals surface area contributed by atoms with Crippen molar-refractivity contribution in [3.63, 3.8) is 0 Å². The van der Waals surface area contributed by atoms with Crippen molar-refractivity contribution in [2.45, 2.75) is 77.6 Å². The first-order chi connectivity index (χ1) is 11.6. The van der Waals surface area contributed by atoms with Crippen molar-refractivity contribution in [3.8, 4) is 0 Å². The number of rotatable bonds is 15. The third kappa shape index (κ3) is 7.58. The summed E-state index contributed by atoms with van der Waals surface area (Å²) in [7, 11) is 0. The standard InChI is InChI=1S/C19H34N2O3/c1-2-3-4-5-6-7-8-9-10-11-12-18-20-13-14-21(18,15-16-22)17-19(23)24/h13-14,22H,2-12,15-17H2,1H3. The first kappa shape index (κ1) is 20.8. The minimum Gasteiger partial charge on any atom is -0.544 e. The number of aliphatic hydroxyl groups excluding tert-OH is 1. The maximum absolute atomic E-state index is 11.0. The Balaban J connectivity index is 2.18. The van der Waals surface area contributed by atoms with E-state index in [0.29, 0.717) is 6.54 Å². The Hall–Kier alpha value is -1.20. The summed E-state index contributed by atoms with van der Waals surface area (Å²) in [4.78, 5) is 15.4. The Morgan fingerprint density at radius 2 is 1.67 bits per heavy atom. The van der Waals surface area contributed by atoms with Gasteiger partial charge in [-0.05, 0) is 6.42 Å². The summed E-state index contributed by atoms with van der Waals surface area (Å²) in [5.74, 6) is -0.265. The number of aliphatic imine (C=N–C) groups is 1. The van der Waals surface area contributed by atoms with Gasteiger partial charge in [0.05, 0.1) is 18.8 Å². The number of aliphatic hydroxyl groups is 1. The number of unbranched alkanes of at least 4 members (excludes halogenated alkanes) is 9. The van der Waals surface area contributed by atoms with Crippen LogP contribution in [0.4, 0.5) is 0 Å². The van der Waals surface area contributed by atoms with Crippen molar-refractivity contribution in [1.82, 2.24) is 0 Å². The van der Waals surface area contributed by atoms with Crippen LogP contribution in [0.25, 0.3) is 0 Å². The van der Waals surface area contributed by atoms with E-state index < -0.39 is 5.97 Å². The monoisotopic (exact) mass is 338 g/mol. The first-order valence-electron chi connectivity index (χ1n) is 9.57. The van der Waals surface area contributed by atoms with Crippen molar-refractivity contribution in [2.75, 3.05) is 19.7 Å². The molecule has 0 aromatic carbocycles. The molecule has 24 heavy (non-hydrogen) atoms. The largest absolute Gasteiger partial charge is 0.544 e. The van der Waals surface area contributed by atoms with Crippen molar-refractivity contribution in [2.24, 2.45) is 4.99 Å². The van der Waals surface area contributed by atoms with Gasteiger partial charge in [-0.15, -0.1) is 0 Å². The second-order valence-corrected chi connectivity index (χ2v) is 6.79. The topological polar surface area (TPSA) is 72.7 Å². The molecule has 1 aliphatic heterocycles. The van der Waals surface area contributed by atoms with Crippen LogP contribution in [0.5, 0.6) is 0 Å². The zero-order valence-corrected chi connectivity index (χ0v) is 15.2. The number of carbonyl (C=O) groups is 1. The van der Waals surface area contributed by atoms with Crippen LogP contribution in [0.2, 0.25) is 0 Å². The van der Waals surface area contributed by atoms with E-state index in [1.165, 1.54) is 51.4 Å². The van der Waals surface area contributed by atoms with Gasteiger partial charge >= 0.3 is 0 Å². The molecule has 5 heteroatoms. The Kier molecular flexibility index (Phi) is 10.6. The summed E-state index contributed by atoms with van der Waals surface area (Å²) < 4.78 is 0.121. The number of carboxylic acids is 1. The Morgan fingerprint density at radius 1 is 1.08 bits per heavy atom. The zero-order chi connectivity index (χ0) is 17.7. The molecule has 0 aliphatic carbocycles. The molecule has 0 aromatic rings. The fourth-order valence-corrected chi connectivity index (χ4v) is 3.34. The number of nitrogens with zero attached hydrogens (tertiary/aromatic N) is 2. The van der Waals surface area contributed by atoms with Crippen LogP contribution in [0, 0.1) is 0 Å². The number of carbonyl (C=O) groups excluding carboxylic acids is 1. The molecule has 1 N–H and O–H groups in total. The fraction of sp³-hybridized carbons (Fsp3) is 0.789. The lowest BCUT2D eigenvalue weighted by molar-refractivity contribution is -0.783. The lowest BCUT2D eigenvalue weighted by Gasteiger charge is -2.32. The number of aliphatic carboxylic acids is 1. The number of hydrogen-bond donors (Lipinski definition) is 1. The normalized spacial score (nSPS) is 19.7. The average molecular weight is 338 g/mol. The predicted molar refractivity (Wildman–Crippen MR) is 95.1 cm³/mol. The molecule has 0 aromatic heterocycles. The van der Waals surface area contributed by atoms with Crippen LogP contribution in [-0.4, -0.2) is 41.1 Å². The molecule has 1 heterocycles. The zero-order valence-electron chi connectivity index (χ0n) is 15.2. The highest BCUT2D eigenvalue weighted by Crippen LogP contribution is 2.21. The van der Waals surface area contributed by atoms with Gasteiger partial charge in [-0.3, -0.25) is 0 Å². The van der Waals surface area contributed by atoms with E-state index in [0.717, 1.165) is 25.1 Å². The van der Waals surface area contributed by atoms with E-state index >= 15 is 0 Å². The number of amidine groups is 1. The summed E-state index contributed by atoms with van der Waals surface area (Å²) in [6.45, 7) is 2.38. The maximum Gasteiger partial charge on any atom is 0.207 e.